The minimum atomic E-state index is -1.08. The van der Waals surface area contributed by atoms with Crippen LogP contribution in [0.15, 0.2) is 0 Å². The van der Waals surface area contributed by atoms with Crippen molar-refractivity contribution in [1.29, 1.82) is 0 Å². The zero-order chi connectivity index (χ0) is 12.6. The Labute approximate surface area is 136 Å². The Balaban J connectivity index is 0. The van der Waals surface area contributed by atoms with Crippen molar-refractivity contribution in [1.82, 2.24) is 11.7 Å². The minimum absolute atomic E-state index is 0. The van der Waals surface area contributed by atoms with E-state index in [1.54, 1.807) is 0 Å². The number of nitrogens with zero attached hydrogens (tertiary/aromatic N) is 3. The van der Waals surface area contributed by atoms with Gasteiger partial charge in [0.15, 0.2) is 0 Å². The van der Waals surface area contributed by atoms with Gasteiger partial charge in [-0.2, -0.15) is 0 Å². The van der Waals surface area contributed by atoms with Crippen LogP contribution in [0.1, 0.15) is 41.5 Å². The van der Waals surface area contributed by atoms with Gasteiger partial charge < -0.3 is 11.7 Å². The van der Waals surface area contributed by atoms with E-state index in [9.17, 15) is 0 Å². The topological polar surface area (TPSA) is 9.72 Å². The molecule has 0 saturated heterocycles. The first-order valence-electron chi connectivity index (χ1n) is 6.91. The van der Waals surface area contributed by atoms with Gasteiger partial charge in [-0.15, -0.1) is 0 Å². The van der Waals surface area contributed by atoms with E-state index < -0.39 is 14.8 Å². The maximum absolute atomic E-state index is 2.68. The van der Waals surface area contributed by atoms with E-state index in [0.29, 0.717) is 0 Å². The third kappa shape index (κ3) is 6.40. The summed E-state index contributed by atoms with van der Waals surface area (Å²) in [6, 6.07) is 0. The minimum Gasteiger partial charge on any atom is -0.357 e. The average molecular weight is 266 g/mol. The molecule has 1 radical (unpaired) electrons. The van der Waals surface area contributed by atoms with Crippen LogP contribution in [0, 0.1) is 0 Å². The van der Waals surface area contributed by atoms with Crippen molar-refractivity contribution in [3.8, 4) is 0 Å². The van der Waals surface area contributed by atoms with E-state index in [1.165, 1.54) is 39.3 Å². The molecule has 0 aliphatic rings. The molecular formula is C12H30AlN3Na. The molecular weight excluding hydrogens is 236 g/mol. The van der Waals surface area contributed by atoms with Crippen LogP contribution in [0.25, 0.3) is 0 Å². The maximum Gasteiger partial charge on any atom is 0.609 e. The zero-order valence-electron chi connectivity index (χ0n) is 13.2. The van der Waals surface area contributed by atoms with E-state index in [4.69, 9.17) is 0 Å². The van der Waals surface area contributed by atoms with Crippen LogP contribution in [0.5, 0.6) is 0 Å². The fourth-order valence-corrected chi connectivity index (χ4v) is 5.69. The van der Waals surface area contributed by atoms with E-state index in [0.717, 1.165) is 0 Å². The SMILES string of the molecule is CC[N](CC)[Al]([N](CC)CC)[N](CC)CC.[Na]. The Hall–Kier alpha value is 1.41. The van der Waals surface area contributed by atoms with E-state index in [2.05, 4.69) is 53.2 Å². The van der Waals surface area contributed by atoms with Gasteiger partial charge >= 0.3 is 14.8 Å². The van der Waals surface area contributed by atoms with Crippen molar-refractivity contribution in [2.75, 3.05) is 39.3 Å². The Morgan fingerprint density at radius 2 is 0.706 bits per heavy atom. The predicted molar refractivity (Wildman–Crippen MR) is 80.3 cm³/mol. The summed E-state index contributed by atoms with van der Waals surface area (Å²) in [5.41, 5.74) is 0. The van der Waals surface area contributed by atoms with E-state index in [-0.39, 0.29) is 29.6 Å². The molecule has 0 aliphatic heterocycles. The maximum atomic E-state index is 2.68. The third-order valence-corrected chi connectivity index (χ3v) is 7.57. The molecule has 0 aromatic heterocycles. The summed E-state index contributed by atoms with van der Waals surface area (Å²) in [4.78, 5) is 0. The first-order chi connectivity index (χ1) is 7.69. The monoisotopic (exact) mass is 266 g/mol. The normalized spacial score (nSPS) is 11.1. The van der Waals surface area contributed by atoms with Crippen molar-refractivity contribution < 1.29 is 0 Å². The second-order valence-corrected chi connectivity index (χ2v) is 6.89. The zero-order valence-corrected chi connectivity index (χ0v) is 16.3. The molecule has 0 amide bonds. The van der Waals surface area contributed by atoms with Gasteiger partial charge in [0.05, 0.1) is 0 Å². The van der Waals surface area contributed by atoms with Crippen molar-refractivity contribution in [2.24, 2.45) is 0 Å². The molecule has 0 aliphatic carbocycles. The van der Waals surface area contributed by atoms with Gasteiger partial charge in [-0.3, -0.25) is 0 Å². The van der Waals surface area contributed by atoms with Crippen LogP contribution in [0.3, 0.4) is 0 Å². The van der Waals surface area contributed by atoms with Gasteiger partial charge in [0.2, 0.25) is 0 Å². The molecule has 0 bridgehead atoms. The fraction of sp³-hybridized carbons (Fsp3) is 1.00. The molecule has 3 nitrogen and oxygen atoms in total. The van der Waals surface area contributed by atoms with Crippen LogP contribution in [0.4, 0.5) is 0 Å². The smallest absolute Gasteiger partial charge is 0.357 e. The quantitative estimate of drug-likeness (QED) is 0.587. The summed E-state index contributed by atoms with van der Waals surface area (Å²) in [6.45, 7) is 20.8. The molecule has 0 unspecified atom stereocenters. The Morgan fingerprint density at radius 1 is 0.529 bits per heavy atom. The van der Waals surface area contributed by atoms with Crippen molar-refractivity contribution in [2.45, 2.75) is 41.5 Å². The average Bonchev–Trinajstić information content (AvgIpc) is 2.33. The molecule has 0 aromatic carbocycles. The summed E-state index contributed by atoms with van der Waals surface area (Å²) in [7, 11) is 0. The summed E-state index contributed by atoms with van der Waals surface area (Å²) in [6.07, 6.45) is 0. The second-order valence-electron chi connectivity index (χ2n) is 4.01. The number of hydrogen-bond donors (Lipinski definition) is 0. The van der Waals surface area contributed by atoms with E-state index >= 15 is 0 Å². The van der Waals surface area contributed by atoms with Gasteiger partial charge in [0, 0.05) is 29.6 Å². The molecule has 5 heteroatoms. The Morgan fingerprint density at radius 3 is 0.824 bits per heavy atom. The van der Waals surface area contributed by atoms with Gasteiger partial charge in [0.25, 0.3) is 0 Å². The first kappa shape index (κ1) is 20.7. The van der Waals surface area contributed by atoms with Crippen LogP contribution in [-0.4, -0.2) is 95.3 Å². The standard InChI is InChI=1S/3C4H10N.Al.Na/c3*1-3-5-4-2;;/h3*3-4H2,1-2H3;;/q3*-1;+3;. The number of hydrogen-bond acceptors (Lipinski definition) is 3. The summed E-state index contributed by atoms with van der Waals surface area (Å²) >= 11 is -1.08. The van der Waals surface area contributed by atoms with Gasteiger partial charge in [-0.25, -0.2) is 0 Å². The van der Waals surface area contributed by atoms with Gasteiger partial charge in [0.1, 0.15) is 0 Å². The summed E-state index contributed by atoms with van der Waals surface area (Å²) in [5, 5.41) is 0. The summed E-state index contributed by atoms with van der Waals surface area (Å²) < 4.78 is 8.04. The molecule has 0 aromatic rings. The molecule has 0 heterocycles. The van der Waals surface area contributed by atoms with Crippen LogP contribution >= 0.6 is 0 Å². The first-order valence-corrected chi connectivity index (χ1v) is 8.46. The fourth-order valence-electron chi connectivity index (χ4n) is 2.34. The van der Waals surface area contributed by atoms with Gasteiger partial charge in [-0.05, 0) is 39.3 Å². The van der Waals surface area contributed by atoms with Crippen LogP contribution < -0.4 is 0 Å². The van der Waals surface area contributed by atoms with Crippen molar-refractivity contribution in [3.05, 3.63) is 0 Å². The van der Waals surface area contributed by atoms with E-state index in [1.807, 2.05) is 0 Å². The van der Waals surface area contributed by atoms with Crippen molar-refractivity contribution >= 4 is 44.4 Å². The Bertz CT molecular complexity index is 131. The molecule has 0 rings (SSSR count). The van der Waals surface area contributed by atoms with Crippen molar-refractivity contribution in [3.63, 3.8) is 0 Å². The van der Waals surface area contributed by atoms with Crippen LogP contribution in [0.2, 0.25) is 0 Å². The third-order valence-electron chi connectivity index (χ3n) is 3.42. The molecule has 0 saturated carbocycles. The predicted octanol–water partition coefficient (Wildman–Crippen LogP) is 1.62. The molecule has 0 N–H and O–H groups in total. The molecule has 97 valence electrons. The second kappa shape index (κ2) is 12.4. The Kier molecular flexibility index (Phi) is 15.2. The molecule has 0 atom stereocenters. The molecule has 17 heavy (non-hydrogen) atoms. The molecule has 0 fully saturated rings. The molecule has 0 spiro atoms. The van der Waals surface area contributed by atoms with Gasteiger partial charge in [-0.1, -0.05) is 41.5 Å². The summed E-state index contributed by atoms with van der Waals surface area (Å²) in [5.74, 6) is 0. The number of rotatable bonds is 9. The van der Waals surface area contributed by atoms with Crippen LogP contribution in [-0.2, 0) is 0 Å². The largest absolute Gasteiger partial charge is 0.609 e.